The van der Waals surface area contributed by atoms with E-state index in [1.807, 2.05) is 4.90 Å². The molecule has 1 saturated heterocycles. The summed E-state index contributed by atoms with van der Waals surface area (Å²) in [5, 5.41) is 0. The number of likely N-dealkylation sites (N-methyl/N-ethyl adjacent to an activating group) is 1. The van der Waals surface area contributed by atoms with Crippen molar-refractivity contribution in [1.82, 2.24) is 9.80 Å². The third-order valence-corrected chi connectivity index (χ3v) is 5.69. The maximum atomic E-state index is 12.3. The van der Waals surface area contributed by atoms with Crippen molar-refractivity contribution < 1.29 is 4.79 Å². The molecule has 2 fully saturated rings. The molecule has 0 spiro atoms. The summed E-state index contributed by atoms with van der Waals surface area (Å²) in [6.45, 7) is 4.78. The van der Waals surface area contributed by atoms with Crippen molar-refractivity contribution in [3.8, 4) is 0 Å². The molecule has 122 valence electrons. The molecule has 1 amide bonds. The Bertz CT molecular complexity index is 320. The minimum atomic E-state index is 0.210. The van der Waals surface area contributed by atoms with E-state index in [9.17, 15) is 4.79 Å². The Kier molecular flexibility index (Phi) is 6.49. The van der Waals surface area contributed by atoms with Crippen molar-refractivity contribution in [2.45, 2.75) is 70.4 Å². The molecule has 4 nitrogen and oxygen atoms in total. The minimum Gasteiger partial charge on any atom is -0.343 e. The van der Waals surface area contributed by atoms with Crippen LogP contribution >= 0.6 is 0 Å². The number of hydrogen-bond acceptors (Lipinski definition) is 3. The highest BCUT2D eigenvalue weighted by atomic mass is 16.2. The van der Waals surface area contributed by atoms with E-state index in [4.69, 9.17) is 5.73 Å². The summed E-state index contributed by atoms with van der Waals surface area (Å²) in [5.74, 6) is 1.22. The van der Waals surface area contributed by atoms with Gasteiger partial charge in [-0.1, -0.05) is 13.3 Å². The first-order valence-electron chi connectivity index (χ1n) is 8.85. The minimum absolute atomic E-state index is 0.210. The lowest BCUT2D eigenvalue weighted by atomic mass is 9.83. The Labute approximate surface area is 130 Å². The van der Waals surface area contributed by atoms with Crippen LogP contribution in [0.1, 0.15) is 58.3 Å². The molecule has 1 unspecified atom stereocenters. The van der Waals surface area contributed by atoms with Gasteiger partial charge in [0.1, 0.15) is 0 Å². The molecule has 0 aromatic rings. The Morgan fingerprint density at radius 3 is 2.38 bits per heavy atom. The maximum absolute atomic E-state index is 12.3. The van der Waals surface area contributed by atoms with Gasteiger partial charge in [0.05, 0.1) is 0 Å². The standard InChI is InChI=1S/C17H33N3O/c1-3-14-6-8-15(9-7-14)19(2)16(13-18)12-17(21)20-10-4-5-11-20/h14-16H,3-13,18H2,1-2H3. The molecule has 1 heterocycles. The van der Waals surface area contributed by atoms with Gasteiger partial charge in [-0.25, -0.2) is 0 Å². The van der Waals surface area contributed by atoms with Crippen LogP contribution in [0.3, 0.4) is 0 Å². The highest BCUT2D eigenvalue weighted by molar-refractivity contribution is 5.77. The van der Waals surface area contributed by atoms with E-state index in [1.54, 1.807) is 0 Å². The third kappa shape index (κ3) is 4.43. The zero-order chi connectivity index (χ0) is 15.2. The van der Waals surface area contributed by atoms with Crippen LogP contribution in [0.15, 0.2) is 0 Å². The van der Waals surface area contributed by atoms with Crippen molar-refractivity contribution in [3.63, 3.8) is 0 Å². The second kappa shape index (κ2) is 8.14. The number of likely N-dealkylation sites (tertiary alicyclic amines) is 1. The van der Waals surface area contributed by atoms with E-state index in [0.29, 0.717) is 24.9 Å². The second-order valence-corrected chi connectivity index (χ2v) is 6.93. The largest absolute Gasteiger partial charge is 0.343 e. The lowest BCUT2D eigenvalue weighted by Crippen LogP contribution is -2.48. The molecular formula is C17H33N3O. The van der Waals surface area contributed by atoms with Crippen LogP contribution in [0.5, 0.6) is 0 Å². The molecule has 21 heavy (non-hydrogen) atoms. The number of nitrogens with zero attached hydrogens (tertiary/aromatic N) is 2. The van der Waals surface area contributed by atoms with Crippen LogP contribution in [0.4, 0.5) is 0 Å². The zero-order valence-electron chi connectivity index (χ0n) is 13.9. The molecule has 2 N–H and O–H groups in total. The summed E-state index contributed by atoms with van der Waals surface area (Å²) in [6, 6.07) is 0.828. The van der Waals surface area contributed by atoms with Crippen molar-refractivity contribution in [3.05, 3.63) is 0 Å². The number of nitrogens with two attached hydrogens (primary N) is 1. The summed E-state index contributed by atoms with van der Waals surface area (Å²) in [7, 11) is 2.17. The summed E-state index contributed by atoms with van der Waals surface area (Å²) in [6.07, 6.45) is 9.44. The number of carbonyl (C=O) groups is 1. The third-order valence-electron chi connectivity index (χ3n) is 5.69. The van der Waals surface area contributed by atoms with Crippen LogP contribution in [0.25, 0.3) is 0 Å². The first kappa shape index (κ1) is 16.8. The SMILES string of the molecule is CCC1CCC(N(C)C(CN)CC(=O)N2CCCC2)CC1. The second-order valence-electron chi connectivity index (χ2n) is 6.93. The molecule has 1 aliphatic carbocycles. The summed E-state index contributed by atoms with van der Waals surface area (Å²) < 4.78 is 0. The van der Waals surface area contributed by atoms with Gasteiger partial charge in [-0.2, -0.15) is 0 Å². The van der Waals surface area contributed by atoms with Gasteiger partial charge in [-0.05, 0) is 51.5 Å². The smallest absolute Gasteiger partial charge is 0.224 e. The first-order chi connectivity index (χ1) is 10.2. The number of carbonyl (C=O) groups excluding carboxylic acids is 1. The fourth-order valence-corrected chi connectivity index (χ4v) is 3.95. The molecule has 2 rings (SSSR count). The maximum Gasteiger partial charge on any atom is 0.224 e. The van der Waals surface area contributed by atoms with Crippen molar-refractivity contribution in [2.75, 3.05) is 26.7 Å². The Balaban J connectivity index is 1.83. The van der Waals surface area contributed by atoms with E-state index in [2.05, 4.69) is 18.9 Å². The highest BCUT2D eigenvalue weighted by Crippen LogP contribution is 2.30. The molecule has 1 saturated carbocycles. The Morgan fingerprint density at radius 2 is 1.86 bits per heavy atom. The quantitative estimate of drug-likeness (QED) is 0.817. The average Bonchev–Trinajstić information content (AvgIpc) is 3.06. The molecule has 0 aromatic heterocycles. The van der Waals surface area contributed by atoms with E-state index in [1.165, 1.54) is 32.1 Å². The number of amides is 1. The predicted molar refractivity (Wildman–Crippen MR) is 87.1 cm³/mol. The summed E-state index contributed by atoms with van der Waals surface area (Å²) in [5.41, 5.74) is 5.97. The van der Waals surface area contributed by atoms with E-state index in [-0.39, 0.29) is 6.04 Å². The van der Waals surface area contributed by atoms with Gasteiger partial charge >= 0.3 is 0 Å². The summed E-state index contributed by atoms with van der Waals surface area (Å²) >= 11 is 0. The van der Waals surface area contributed by atoms with E-state index >= 15 is 0 Å². The number of hydrogen-bond donors (Lipinski definition) is 1. The summed E-state index contributed by atoms with van der Waals surface area (Å²) in [4.78, 5) is 16.8. The van der Waals surface area contributed by atoms with E-state index < -0.39 is 0 Å². The van der Waals surface area contributed by atoms with Crippen molar-refractivity contribution in [1.29, 1.82) is 0 Å². The predicted octanol–water partition coefficient (Wildman–Crippen LogP) is 2.23. The Morgan fingerprint density at radius 1 is 1.24 bits per heavy atom. The van der Waals surface area contributed by atoms with Gasteiger partial charge in [0, 0.05) is 38.1 Å². The molecule has 4 heteroatoms. The normalized spacial score (nSPS) is 28.1. The van der Waals surface area contributed by atoms with Crippen LogP contribution < -0.4 is 5.73 Å². The molecule has 0 radical (unpaired) electrons. The molecule has 1 aliphatic heterocycles. The van der Waals surface area contributed by atoms with Crippen LogP contribution in [0, 0.1) is 5.92 Å². The molecule has 1 atom stereocenters. The van der Waals surface area contributed by atoms with Gasteiger partial charge < -0.3 is 10.6 Å². The van der Waals surface area contributed by atoms with Crippen LogP contribution in [-0.2, 0) is 4.79 Å². The van der Waals surface area contributed by atoms with Gasteiger partial charge in [-0.3, -0.25) is 9.69 Å². The highest BCUT2D eigenvalue weighted by Gasteiger charge is 2.29. The fourth-order valence-electron chi connectivity index (χ4n) is 3.95. The fraction of sp³-hybridized carbons (Fsp3) is 0.941. The van der Waals surface area contributed by atoms with Gasteiger partial charge in [-0.15, -0.1) is 0 Å². The van der Waals surface area contributed by atoms with Gasteiger partial charge in [0.15, 0.2) is 0 Å². The lowest BCUT2D eigenvalue weighted by molar-refractivity contribution is -0.131. The lowest BCUT2D eigenvalue weighted by Gasteiger charge is -2.39. The van der Waals surface area contributed by atoms with Gasteiger partial charge in [0.25, 0.3) is 0 Å². The van der Waals surface area contributed by atoms with Crippen LogP contribution in [-0.4, -0.2) is 54.5 Å². The molecule has 2 aliphatic rings. The van der Waals surface area contributed by atoms with Crippen molar-refractivity contribution in [2.24, 2.45) is 11.7 Å². The number of rotatable bonds is 6. The average molecular weight is 295 g/mol. The topological polar surface area (TPSA) is 49.6 Å². The first-order valence-corrected chi connectivity index (χ1v) is 8.85. The molecule has 0 bridgehead atoms. The molecule has 0 aromatic carbocycles. The van der Waals surface area contributed by atoms with Crippen molar-refractivity contribution >= 4 is 5.91 Å². The zero-order valence-corrected chi connectivity index (χ0v) is 13.9. The van der Waals surface area contributed by atoms with Crippen LogP contribution in [0.2, 0.25) is 0 Å². The Hall–Kier alpha value is -0.610. The monoisotopic (exact) mass is 295 g/mol. The van der Waals surface area contributed by atoms with E-state index in [0.717, 1.165) is 31.8 Å². The molecular weight excluding hydrogens is 262 g/mol. The van der Waals surface area contributed by atoms with Gasteiger partial charge in [0.2, 0.25) is 5.91 Å².